The summed E-state index contributed by atoms with van der Waals surface area (Å²) in [4.78, 5) is 2.43. The predicted octanol–water partition coefficient (Wildman–Crippen LogP) is -0.137. The van der Waals surface area contributed by atoms with E-state index in [0.717, 1.165) is 0 Å². The third kappa shape index (κ3) is 2.36. The predicted molar refractivity (Wildman–Crippen MR) is 45.3 cm³/mol. The fraction of sp³-hybridized carbons (Fsp3) is 1.00. The van der Waals surface area contributed by atoms with Crippen LogP contribution in [0.3, 0.4) is 0 Å². The molecule has 4 atom stereocenters. The molecule has 0 aromatic carbocycles. The first-order valence-corrected chi connectivity index (χ1v) is 3.99. The number of azide groups is 1. The number of aliphatic hydroxyl groups is 1. The standard InChI is InChI=1S/C6H9BFN3O3/c7-6-4(8)5(3(1-12)14-6)13-2-10-11-9/h3-6,12H,1-2H2/t3?,4-,5?,6+/m0/s1. The number of aliphatic hydroxyl groups excluding tert-OH is 1. The van der Waals surface area contributed by atoms with Crippen molar-refractivity contribution in [3.05, 3.63) is 10.4 Å². The number of rotatable bonds is 4. The second kappa shape index (κ2) is 5.16. The summed E-state index contributed by atoms with van der Waals surface area (Å²) in [6, 6.07) is -1.11. The highest BCUT2D eigenvalue weighted by atomic mass is 19.1. The minimum absolute atomic E-state index is 0.311. The Bertz CT molecular complexity index is 238. The lowest BCUT2D eigenvalue weighted by Crippen LogP contribution is -2.34. The van der Waals surface area contributed by atoms with Gasteiger partial charge >= 0.3 is 0 Å². The van der Waals surface area contributed by atoms with Gasteiger partial charge in [0.15, 0.2) is 0 Å². The van der Waals surface area contributed by atoms with Gasteiger partial charge in [0.1, 0.15) is 33.0 Å². The zero-order valence-corrected chi connectivity index (χ0v) is 7.28. The van der Waals surface area contributed by atoms with Crippen molar-refractivity contribution >= 4 is 7.85 Å². The van der Waals surface area contributed by atoms with Crippen molar-refractivity contribution in [3.8, 4) is 0 Å². The number of ether oxygens (including phenoxy) is 2. The summed E-state index contributed by atoms with van der Waals surface area (Å²) >= 11 is 0. The minimum atomic E-state index is -1.53. The minimum Gasteiger partial charge on any atom is -0.394 e. The third-order valence-corrected chi connectivity index (χ3v) is 1.89. The van der Waals surface area contributed by atoms with Gasteiger partial charge in [-0.2, -0.15) is 0 Å². The lowest BCUT2D eigenvalue weighted by atomic mass is 9.94. The molecule has 76 valence electrons. The second-order valence-corrected chi connectivity index (χ2v) is 2.76. The van der Waals surface area contributed by atoms with Crippen LogP contribution in [-0.4, -0.2) is 50.7 Å². The Labute approximate surface area is 81.0 Å². The number of halogens is 1. The molecule has 1 saturated heterocycles. The van der Waals surface area contributed by atoms with Crippen molar-refractivity contribution in [3.63, 3.8) is 0 Å². The van der Waals surface area contributed by atoms with Crippen LogP contribution in [0.4, 0.5) is 4.39 Å². The van der Waals surface area contributed by atoms with E-state index in [9.17, 15) is 4.39 Å². The van der Waals surface area contributed by atoms with Gasteiger partial charge in [-0.1, -0.05) is 5.11 Å². The Morgan fingerprint density at radius 1 is 1.71 bits per heavy atom. The van der Waals surface area contributed by atoms with Gasteiger partial charge in [-0.15, -0.1) is 0 Å². The van der Waals surface area contributed by atoms with Crippen molar-refractivity contribution in [1.29, 1.82) is 0 Å². The van der Waals surface area contributed by atoms with Gasteiger partial charge < -0.3 is 14.6 Å². The maximum atomic E-state index is 13.2. The van der Waals surface area contributed by atoms with Crippen LogP contribution in [0.15, 0.2) is 5.11 Å². The van der Waals surface area contributed by atoms with Crippen LogP contribution in [0.25, 0.3) is 10.4 Å². The van der Waals surface area contributed by atoms with Crippen LogP contribution in [-0.2, 0) is 9.47 Å². The Hall–Kier alpha value is -0.815. The van der Waals surface area contributed by atoms with Gasteiger partial charge in [-0.05, 0) is 5.53 Å². The van der Waals surface area contributed by atoms with Gasteiger partial charge in [0.05, 0.1) is 12.6 Å². The van der Waals surface area contributed by atoms with E-state index in [1.165, 1.54) is 0 Å². The molecule has 1 rings (SSSR count). The van der Waals surface area contributed by atoms with E-state index in [4.69, 9.17) is 28.0 Å². The Kier molecular flexibility index (Phi) is 4.15. The van der Waals surface area contributed by atoms with Crippen molar-refractivity contribution in [1.82, 2.24) is 0 Å². The fourth-order valence-electron chi connectivity index (χ4n) is 1.24. The van der Waals surface area contributed by atoms with Crippen molar-refractivity contribution in [2.75, 3.05) is 13.3 Å². The van der Waals surface area contributed by atoms with Gasteiger partial charge in [0.2, 0.25) is 0 Å². The molecule has 2 radical (unpaired) electrons. The van der Waals surface area contributed by atoms with E-state index in [2.05, 4.69) is 10.0 Å². The summed E-state index contributed by atoms with van der Waals surface area (Å²) in [5.41, 5.74) is 7.96. The summed E-state index contributed by atoms with van der Waals surface area (Å²) in [6.45, 7) is -0.705. The van der Waals surface area contributed by atoms with E-state index in [1.54, 1.807) is 0 Å². The highest BCUT2D eigenvalue weighted by Gasteiger charge is 2.42. The van der Waals surface area contributed by atoms with Crippen LogP contribution in [0.5, 0.6) is 0 Å². The van der Waals surface area contributed by atoms with E-state index >= 15 is 0 Å². The molecule has 8 heteroatoms. The van der Waals surface area contributed by atoms with Crippen LogP contribution in [0.1, 0.15) is 0 Å². The van der Waals surface area contributed by atoms with Gasteiger partial charge in [0.25, 0.3) is 0 Å². The van der Waals surface area contributed by atoms with Crippen LogP contribution in [0.2, 0.25) is 0 Å². The number of hydrogen-bond donors (Lipinski definition) is 1. The molecule has 14 heavy (non-hydrogen) atoms. The molecule has 0 aromatic rings. The first-order chi connectivity index (χ1) is 6.70. The third-order valence-electron chi connectivity index (χ3n) is 1.89. The molecule has 1 heterocycles. The second-order valence-electron chi connectivity index (χ2n) is 2.76. The molecule has 1 aliphatic rings. The maximum Gasteiger partial charge on any atom is 0.146 e. The van der Waals surface area contributed by atoms with Crippen LogP contribution < -0.4 is 0 Å². The largest absolute Gasteiger partial charge is 0.394 e. The molecule has 0 saturated carbocycles. The highest BCUT2D eigenvalue weighted by molar-refractivity contribution is 6.11. The first kappa shape index (κ1) is 11.3. The topological polar surface area (TPSA) is 87.5 Å². The van der Waals surface area contributed by atoms with Gasteiger partial charge in [-0.25, -0.2) is 4.39 Å². The molecule has 0 spiro atoms. The Balaban J connectivity index is 2.50. The summed E-state index contributed by atoms with van der Waals surface area (Å²) in [7, 11) is 5.25. The van der Waals surface area contributed by atoms with E-state index < -0.39 is 31.0 Å². The highest BCUT2D eigenvalue weighted by Crippen LogP contribution is 2.24. The summed E-state index contributed by atoms with van der Waals surface area (Å²) in [5, 5.41) is 11.9. The zero-order valence-electron chi connectivity index (χ0n) is 7.28. The lowest BCUT2D eigenvalue weighted by molar-refractivity contribution is -0.0423. The van der Waals surface area contributed by atoms with E-state index in [-0.39, 0.29) is 6.73 Å². The Morgan fingerprint density at radius 2 is 2.43 bits per heavy atom. The van der Waals surface area contributed by atoms with Crippen molar-refractivity contribution in [2.24, 2.45) is 5.11 Å². The first-order valence-electron chi connectivity index (χ1n) is 3.99. The molecular formula is C6H9BFN3O3. The molecule has 0 amide bonds. The van der Waals surface area contributed by atoms with E-state index in [0.29, 0.717) is 0 Å². The molecule has 0 aromatic heterocycles. The van der Waals surface area contributed by atoms with Crippen LogP contribution in [0, 0.1) is 0 Å². The lowest BCUT2D eigenvalue weighted by Gasteiger charge is -2.16. The molecule has 0 aliphatic carbocycles. The summed E-state index contributed by atoms with van der Waals surface area (Å²) in [6.07, 6.45) is -3.32. The number of alkyl halides is 1. The average Bonchev–Trinajstić information content (AvgIpc) is 2.45. The van der Waals surface area contributed by atoms with Crippen molar-refractivity contribution < 1.29 is 19.0 Å². The molecule has 1 fully saturated rings. The molecule has 6 nitrogen and oxygen atoms in total. The number of nitrogens with zero attached hydrogens (tertiary/aromatic N) is 3. The van der Waals surface area contributed by atoms with Gasteiger partial charge in [0, 0.05) is 4.91 Å². The maximum absolute atomic E-state index is 13.2. The molecule has 2 unspecified atom stereocenters. The smallest absolute Gasteiger partial charge is 0.146 e. The summed E-state index contributed by atoms with van der Waals surface area (Å²) < 4.78 is 23.0. The zero-order chi connectivity index (χ0) is 10.6. The normalized spacial score (nSPS) is 36.7. The fourth-order valence-corrected chi connectivity index (χ4v) is 1.24. The molecule has 1 aliphatic heterocycles. The summed E-state index contributed by atoms with van der Waals surface area (Å²) in [5.74, 6) is 0. The van der Waals surface area contributed by atoms with E-state index in [1.807, 2.05) is 0 Å². The SMILES string of the molecule is [B][C@@H]1OC(CO)C(OCN=[N+]=[N-])[C@@H]1F. The average molecular weight is 201 g/mol. The molecular weight excluding hydrogens is 192 g/mol. The number of hydrogen-bond acceptors (Lipinski definition) is 4. The molecule has 1 N–H and O–H groups in total. The Morgan fingerprint density at radius 3 is 3.00 bits per heavy atom. The van der Waals surface area contributed by atoms with Crippen LogP contribution >= 0.6 is 0 Å². The quantitative estimate of drug-likeness (QED) is 0.297. The molecule has 0 bridgehead atoms. The van der Waals surface area contributed by atoms with Gasteiger partial charge in [-0.3, -0.25) is 0 Å². The van der Waals surface area contributed by atoms with Crippen molar-refractivity contribution in [2.45, 2.75) is 24.4 Å². The monoisotopic (exact) mass is 201 g/mol.